The van der Waals surface area contributed by atoms with Crippen LogP contribution in [0.15, 0.2) is 54.6 Å². The number of benzene rings is 2. The van der Waals surface area contributed by atoms with Crippen LogP contribution in [-0.2, 0) is 11.2 Å². The molecule has 0 aliphatic rings. The Kier molecular flexibility index (Phi) is 5.33. The van der Waals surface area contributed by atoms with Crippen LogP contribution in [0.4, 0.5) is 0 Å². The fraction of sp³-hybridized carbons (Fsp3) is 0.235. The largest absolute Gasteiger partial charge is 0.396 e. The van der Waals surface area contributed by atoms with Gasteiger partial charge in [-0.1, -0.05) is 54.6 Å². The summed E-state index contributed by atoms with van der Waals surface area (Å²) >= 11 is 0. The molecule has 0 unspecified atom stereocenters. The first-order valence-electron chi connectivity index (χ1n) is 6.81. The monoisotopic (exact) mass is 269 g/mol. The van der Waals surface area contributed by atoms with Gasteiger partial charge >= 0.3 is 0 Å². The molecule has 104 valence electrons. The van der Waals surface area contributed by atoms with E-state index in [1.807, 2.05) is 42.5 Å². The van der Waals surface area contributed by atoms with Gasteiger partial charge in [0.25, 0.3) is 0 Å². The molecule has 0 spiro atoms. The number of aliphatic hydroxyl groups excluding tert-OH is 1. The number of carbonyl (C=O) groups is 1. The van der Waals surface area contributed by atoms with E-state index in [4.69, 9.17) is 5.11 Å². The van der Waals surface area contributed by atoms with E-state index in [1.54, 1.807) is 0 Å². The first-order valence-corrected chi connectivity index (χ1v) is 6.81. The van der Waals surface area contributed by atoms with Crippen LogP contribution in [0, 0.1) is 0 Å². The van der Waals surface area contributed by atoms with E-state index in [1.165, 1.54) is 5.56 Å². The van der Waals surface area contributed by atoms with Crippen molar-refractivity contribution in [3.8, 4) is 11.1 Å². The van der Waals surface area contributed by atoms with Gasteiger partial charge in [0.2, 0.25) is 5.91 Å². The van der Waals surface area contributed by atoms with Crippen LogP contribution in [0.2, 0.25) is 0 Å². The lowest BCUT2D eigenvalue weighted by molar-refractivity contribution is -0.120. The van der Waals surface area contributed by atoms with Crippen LogP contribution in [0.1, 0.15) is 12.0 Å². The van der Waals surface area contributed by atoms with Crippen LogP contribution in [0.3, 0.4) is 0 Å². The Bertz CT molecular complexity index is 535. The molecule has 0 fully saturated rings. The van der Waals surface area contributed by atoms with Crippen molar-refractivity contribution in [1.82, 2.24) is 5.32 Å². The summed E-state index contributed by atoms with van der Waals surface area (Å²) in [7, 11) is 0. The molecular weight excluding hydrogens is 250 g/mol. The molecule has 0 bridgehead atoms. The van der Waals surface area contributed by atoms with Crippen LogP contribution in [0.5, 0.6) is 0 Å². The summed E-state index contributed by atoms with van der Waals surface area (Å²) < 4.78 is 0. The van der Waals surface area contributed by atoms with E-state index < -0.39 is 0 Å². The van der Waals surface area contributed by atoms with Gasteiger partial charge < -0.3 is 10.4 Å². The minimum absolute atomic E-state index is 0.00842. The summed E-state index contributed by atoms with van der Waals surface area (Å²) in [5.41, 5.74) is 3.31. The van der Waals surface area contributed by atoms with Gasteiger partial charge in [0.15, 0.2) is 0 Å². The number of rotatable bonds is 6. The molecule has 0 aliphatic heterocycles. The third kappa shape index (κ3) is 4.21. The summed E-state index contributed by atoms with van der Waals surface area (Å²) in [6.45, 7) is 0.628. The topological polar surface area (TPSA) is 49.3 Å². The Balaban J connectivity index is 1.93. The van der Waals surface area contributed by atoms with Gasteiger partial charge in [-0.05, 0) is 23.1 Å². The second-order valence-electron chi connectivity index (χ2n) is 4.67. The number of hydrogen-bond donors (Lipinski definition) is 2. The fourth-order valence-electron chi connectivity index (χ4n) is 2.00. The molecule has 2 N–H and O–H groups in total. The Morgan fingerprint density at radius 2 is 1.60 bits per heavy atom. The van der Waals surface area contributed by atoms with Crippen molar-refractivity contribution in [3.05, 3.63) is 60.2 Å². The molecule has 0 aliphatic carbocycles. The standard InChI is InChI=1S/C17H19NO2/c19-12-4-11-18-17(20)13-14-7-9-16(10-8-14)15-5-2-1-3-6-15/h1-3,5-10,19H,4,11-13H2,(H,18,20). The van der Waals surface area contributed by atoms with Gasteiger partial charge in [-0.3, -0.25) is 4.79 Å². The van der Waals surface area contributed by atoms with Gasteiger partial charge in [-0.25, -0.2) is 0 Å². The van der Waals surface area contributed by atoms with Crippen LogP contribution in [0.25, 0.3) is 11.1 Å². The molecule has 0 aromatic heterocycles. The minimum Gasteiger partial charge on any atom is -0.396 e. The maximum atomic E-state index is 11.6. The normalized spacial score (nSPS) is 10.2. The summed E-state index contributed by atoms with van der Waals surface area (Å²) in [6, 6.07) is 18.2. The highest BCUT2D eigenvalue weighted by Crippen LogP contribution is 2.19. The zero-order chi connectivity index (χ0) is 14.2. The van der Waals surface area contributed by atoms with Crippen molar-refractivity contribution in [2.45, 2.75) is 12.8 Å². The van der Waals surface area contributed by atoms with E-state index in [2.05, 4.69) is 17.4 Å². The molecule has 2 aromatic rings. The first-order chi connectivity index (χ1) is 9.79. The highest BCUT2D eigenvalue weighted by molar-refractivity contribution is 5.78. The maximum Gasteiger partial charge on any atom is 0.224 e. The second-order valence-corrected chi connectivity index (χ2v) is 4.67. The van der Waals surface area contributed by atoms with Crippen LogP contribution in [-0.4, -0.2) is 24.2 Å². The van der Waals surface area contributed by atoms with Crippen molar-refractivity contribution in [1.29, 1.82) is 0 Å². The van der Waals surface area contributed by atoms with Gasteiger partial charge in [0.1, 0.15) is 0 Å². The van der Waals surface area contributed by atoms with Gasteiger partial charge in [-0.2, -0.15) is 0 Å². The SMILES string of the molecule is O=C(Cc1ccc(-c2ccccc2)cc1)NCCCO. The van der Waals surface area contributed by atoms with Crippen molar-refractivity contribution < 1.29 is 9.90 Å². The number of amides is 1. The number of carbonyl (C=O) groups excluding carboxylic acids is 1. The van der Waals surface area contributed by atoms with Gasteiger partial charge in [0.05, 0.1) is 6.42 Å². The Morgan fingerprint density at radius 3 is 2.25 bits per heavy atom. The third-order valence-electron chi connectivity index (χ3n) is 3.08. The third-order valence-corrected chi connectivity index (χ3v) is 3.08. The molecule has 3 nitrogen and oxygen atoms in total. The van der Waals surface area contributed by atoms with Crippen LogP contribution >= 0.6 is 0 Å². The summed E-state index contributed by atoms with van der Waals surface area (Å²) in [4.78, 5) is 11.6. The summed E-state index contributed by atoms with van der Waals surface area (Å²) in [5, 5.41) is 11.4. The fourth-order valence-corrected chi connectivity index (χ4v) is 2.00. The lowest BCUT2D eigenvalue weighted by Crippen LogP contribution is -2.26. The number of nitrogens with one attached hydrogen (secondary N) is 1. The van der Waals surface area contributed by atoms with Crippen LogP contribution < -0.4 is 5.32 Å². The van der Waals surface area contributed by atoms with Crippen molar-refractivity contribution in [2.75, 3.05) is 13.2 Å². The van der Waals surface area contributed by atoms with E-state index in [0.29, 0.717) is 19.4 Å². The molecule has 1 amide bonds. The Hall–Kier alpha value is -2.13. The molecule has 2 rings (SSSR count). The number of hydrogen-bond acceptors (Lipinski definition) is 2. The maximum absolute atomic E-state index is 11.6. The van der Waals surface area contributed by atoms with E-state index in [9.17, 15) is 4.79 Å². The molecule has 0 saturated heterocycles. The lowest BCUT2D eigenvalue weighted by atomic mass is 10.0. The Labute approximate surface area is 119 Å². The molecule has 0 radical (unpaired) electrons. The minimum atomic E-state index is -0.00842. The Morgan fingerprint density at radius 1 is 0.950 bits per heavy atom. The highest BCUT2D eigenvalue weighted by Gasteiger charge is 2.03. The molecule has 20 heavy (non-hydrogen) atoms. The molecule has 2 aromatic carbocycles. The first kappa shape index (κ1) is 14.3. The smallest absolute Gasteiger partial charge is 0.224 e. The average molecular weight is 269 g/mol. The molecule has 0 saturated carbocycles. The zero-order valence-corrected chi connectivity index (χ0v) is 11.4. The number of aliphatic hydroxyl groups is 1. The summed E-state index contributed by atoms with van der Waals surface area (Å²) in [5.74, 6) is -0.00842. The van der Waals surface area contributed by atoms with Gasteiger partial charge in [0, 0.05) is 13.2 Å². The van der Waals surface area contributed by atoms with Crippen molar-refractivity contribution in [2.24, 2.45) is 0 Å². The van der Waals surface area contributed by atoms with Gasteiger partial charge in [-0.15, -0.1) is 0 Å². The summed E-state index contributed by atoms with van der Waals surface area (Å²) in [6.07, 6.45) is 0.971. The quantitative estimate of drug-likeness (QED) is 0.791. The van der Waals surface area contributed by atoms with E-state index >= 15 is 0 Å². The highest BCUT2D eigenvalue weighted by atomic mass is 16.3. The lowest BCUT2D eigenvalue weighted by Gasteiger charge is -2.06. The second kappa shape index (κ2) is 7.46. The van der Waals surface area contributed by atoms with E-state index in [-0.39, 0.29) is 12.5 Å². The van der Waals surface area contributed by atoms with E-state index in [0.717, 1.165) is 11.1 Å². The predicted molar refractivity (Wildman–Crippen MR) is 80.3 cm³/mol. The molecule has 0 heterocycles. The zero-order valence-electron chi connectivity index (χ0n) is 11.4. The molecule has 3 heteroatoms. The molecule has 0 atom stereocenters. The van der Waals surface area contributed by atoms with Crippen molar-refractivity contribution >= 4 is 5.91 Å². The predicted octanol–water partition coefficient (Wildman–Crippen LogP) is 2.39. The molecular formula is C17H19NO2. The van der Waals surface area contributed by atoms with Crippen molar-refractivity contribution in [3.63, 3.8) is 0 Å². The average Bonchev–Trinajstić information content (AvgIpc) is 2.49.